The van der Waals surface area contributed by atoms with Gasteiger partial charge in [-0.3, -0.25) is 4.79 Å². The molecule has 0 radical (unpaired) electrons. The van der Waals surface area contributed by atoms with E-state index in [9.17, 15) is 19.5 Å². The Bertz CT molecular complexity index is 646. The topological polar surface area (TPSA) is 207 Å². The monoisotopic (exact) mass is 372 g/mol. The summed E-state index contributed by atoms with van der Waals surface area (Å²) in [7, 11) is 0. The lowest BCUT2D eigenvalue weighted by Crippen LogP contribution is -2.52. The maximum absolute atomic E-state index is 12.0. The van der Waals surface area contributed by atoms with Crippen molar-refractivity contribution in [3.05, 3.63) is 11.7 Å². The first-order valence-corrected chi connectivity index (χ1v) is 7.88. The molecule has 1 aromatic rings. The van der Waals surface area contributed by atoms with Crippen LogP contribution in [-0.4, -0.2) is 50.4 Å². The van der Waals surface area contributed by atoms with Crippen molar-refractivity contribution in [2.75, 3.05) is 0 Å². The Kier molecular flexibility index (Phi) is 7.46. The van der Waals surface area contributed by atoms with E-state index in [4.69, 9.17) is 21.1 Å². The van der Waals surface area contributed by atoms with Crippen LogP contribution in [0.25, 0.3) is 0 Å². The molecule has 3 amide bonds. The number of rotatable bonds is 9. The summed E-state index contributed by atoms with van der Waals surface area (Å²) < 4.78 is 5.04. The number of nitrogens with two attached hydrogens (primary N) is 2. The van der Waals surface area contributed by atoms with Crippen LogP contribution in [-0.2, 0) is 9.59 Å². The number of carboxylic acid groups (broad SMARTS) is 1. The molecule has 0 bridgehead atoms. The van der Waals surface area contributed by atoms with E-state index in [0.717, 1.165) is 0 Å². The van der Waals surface area contributed by atoms with Crippen molar-refractivity contribution in [1.82, 2.24) is 20.8 Å². The van der Waals surface area contributed by atoms with Crippen LogP contribution in [0.4, 0.5) is 4.79 Å². The molecule has 146 valence electrons. The van der Waals surface area contributed by atoms with Crippen LogP contribution in [0, 0.1) is 5.92 Å². The van der Waals surface area contributed by atoms with Crippen LogP contribution in [0.2, 0.25) is 0 Å². The summed E-state index contributed by atoms with van der Waals surface area (Å²) >= 11 is 0. The Morgan fingerprint density at radius 2 is 1.85 bits per heavy atom. The molecule has 1 heterocycles. The summed E-state index contributed by atoms with van der Waals surface area (Å²) in [6.07, 6.45) is -1.70. The van der Waals surface area contributed by atoms with E-state index in [1.807, 2.05) is 13.8 Å². The van der Waals surface area contributed by atoms with Gasteiger partial charge in [-0.15, -0.1) is 0 Å². The van der Waals surface area contributed by atoms with Gasteiger partial charge in [0.1, 0.15) is 6.04 Å². The Morgan fingerprint density at radius 3 is 2.31 bits per heavy atom. The molecule has 12 nitrogen and oxygen atoms in total. The second-order valence-corrected chi connectivity index (χ2v) is 6.16. The molecule has 0 aliphatic rings. The fourth-order valence-corrected chi connectivity index (χ4v) is 1.95. The second kappa shape index (κ2) is 9.10. The largest absolute Gasteiger partial charge is 0.480 e. The van der Waals surface area contributed by atoms with E-state index in [1.54, 1.807) is 0 Å². The number of carboxylic acids is 1. The number of hydrogen-bond donors (Lipinski definition) is 6. The number of aliphatic hydroxyl groups excluding tert-OH is 1. The lowest BCUT2D eigenvalue weighted by Gasteiger charge is -2.19. The van der Waals surface area contributed by atoms with Gasteiger partial charge in [0.2, 0.25) is 11.8 Å². The highest BCUT2D eigenvalue weighted by Gasteiger charge is 2.29. The minimum atomic E-state index is -1.54. The standard InChI is InChI=1S/C14H24N6O6/c1-5(2)9(16)11-19-12(26-20-11)7(4-8(15)22)17-14(25)18-10(6(3)21)13(23)24/h5-7,9-10,21H,4,16H2,1-3H3,(H2,15,22)(H,23,24)(H2,17,18,25)/t6?,7-,9?,10?/m0/s1. The number of primary amides is 1. The number of amides is 3. The number of nitrogens with one attached hydrogen (secondary N) is 2. The van der Waals surface area contributed by atoms with Crippen LogP contribution in [0.5, 0.6) is 0 Å². The summed E-state index contributed by atoms with van der Waals surface area (Å²) in [6.45, 7) is 4.92. The van der Waals surface area contributed by atoms with E-state index in [2.05, 4.69) is 20.8 Å². The molecule has 26 heavy (non-hydrogen) atoms. The van der Waals surface area contributed by atoms with E-state index in [1.165, 1.54) is 6.92 Å². The van der Waals surface area contributed by atoms with E-state index in [-0.39, 0.29) is 24.1 Å². The number of carbonyl (C=O) groups excluding carboxylic acids is 2. The molecule has 0 saturated heterocycles. The number of urea groups is 1. The average molecular weight is 372 g/mol. The van der Waals surface area contributed by atoms with Gasteiger partial charge < -0.3 is 36.8 Å². The molecule has 0 aliphatic heterocycles. The molecule has 0 saturated carbocycles. The van der Waals surface area contributed by atoms with Crippen LogP contribution in [0.1, 0.15) is 51.0 Å². The molecule has 12 heteroatoms. The molecule has 8 N–H and O–H groups in total. The minimum Gasteiger partial charge on any atom is -0.480 e. The van der Waals surface area contributed by atoms with Crippen molar-refractivity contribution in [3.63, 3.8) is 0 Å². The normalized spacial score (nSPS) is 15.8. The fraction of sp³-hybridized carbons (Fsp3) is 0.643. The number of aliphatic hydroxyl groups is 1. The third-order valence-corrected chi connectivity index (χ3v) is 3.52. The van der Waals surface area contributed by atoms with Gasteiger partial charge in [-0.2, -0.15) is 4.98 Å². The number of aliphatic carboxylic acids is 1. The predicted molar refractivity (Wildman–Crippen MR) is 87.4 cm³/mol. The van der Waals surface area contributed by atoms with Crippen LogP contribution in [0.3, 0.4) is 0 Å². The van der Waals surface area contributed by atoms with Crippen LogP contribution >= 0.6 is 0 Å². The quantitative estimate of drug-likeness (QED) is 0.306. The summed E-state index contributed by atoms with van der Waals surface area (Å²) in [4.78, 5) is 38.4. The molecule has 1 aromatic heterocycles. The fourth-order valence-electron chi connectivity index (χ4n) is 1.95. The van der Waals surface area contributed by atoms with Crippen molar-refractivity contribution in [2.24, 2.45) is 17.4 Å². The van der Waals surface area contributed by atoms with Gasteiger partial charge in [0.15, 0.2) is 11.9 Å². The molecule has 1 rings (SSSR count). The van der Waals surface area contributed by atoms with Gasteiger partial charge in [0.05, 0.1) is 18.6 Å². The third kappa shape index (κ3) is 5.97. The van der Waals surface area contributed by atoms with Gasteiger partial charge in [-0.05, 0) is 12.8 Å². The van der Waals surface area contributed by atoms with E-state index < -0.39 is 42.1 Å². The predicted octanol–water partition coefficient (Wildman–Crippen LogP) is -1.22. The Labute approximate surface area is 149 Å². The van der Waals surface area contributed by atoms with E-state index >= 15 is 0 Å². The molecule has 0 fully saturated rings. The van der Waals surface area contributed by atoms with E-state index in [0.29, 0.717) is 0 Å². The van der Waals surface area contributed by atoms with Crippen molar-refractivity contribution in [2.45, 2.75) is 51.4 Å². The van der Waals surface area contributed by atoms with Crippen molar-refractivity contribution in [1.29, 1.82) is 0 Å². The zero-order valence-electron chi connectivity index (χ0n) is 14.7. The van der Waals surface area contributed by atoms with Gasteiger partial charge in [-0.1, -0.05) is 19.0 Å². The Morgan fingerprint density at radius 1 is 1.23 bits per heavy atom. The Balaban J connectivity index is 2.92. The highest BCUT2D eigenvalue weighted by Crippen LogP contribution is 2.20. The molecular weight excluding hydrogens is 348 g/mol. The number of aromatic nitrogens is 2. The maximum atomic E-state index is 12.0. The van der Waals surface area contributed by atoms with Crippen molar-refractivity contribution in [3.8, 4) is 0 Å². The lowest BCUT2D eigenvalue weighted by atomic mass is 10.1. The Hall–Kier alpha value is -2.73. The zero-order chi connectivity index (χ0) is 20.0. The second-order valence-electron chi connectivity index (χ2n) is 6.16. The van der Waals surface area contributed by atoms with Crippen LogP contribution in [0.15, 0.2) is 4.52 Å². The van der Waals surface area contributed by atoms with Crippen molar-refractivity contribution >= 4 is 17.9 Å². The first kappa shape index (κ1) is 21.3. The molecule has 3 unspecified atom stereocenters. The highest BCUT2D eigenvalue weighted by molar-refractivity contribution is 5.83. The molecule has 4 atom stereocenters. The van der Waals surface area contributed by atoms with Gasteiger partial charge >= 0.3 is 12.0 Å². The van der Waals surface area contributed by atoms with Crippen LogP contribution < -0.4 is 22.1 Å². The van der Waals surface area contributed by atoms with Gasteiger partial charge in [-0.25, -0.2) is 9.59 Å². The molecule has 0 spiro atoms. The third-order valence-electron chi connectivity index (χ3n) is 3.52. The smallest absolute Gasteiger partial charge is 0.328 e. The van der Waals surface area contributed by atoms with Gasteiger partial charge in [0, 0.05) is 0 Å². The first-order valence-electron chi connectivity index (χ1n) is 7.88. The first-order chi connectivity index (χ1) is 12.0. The molecule has 0 aliphatic carbocycles. The summed E-state index contributed by atoms with van der Waals surface area (Å²) in [6, 6.07) is -4.10. The average Bonchev–Trinajstić information content (AvgIpc) is 2.99. The summed E-state index contributed by atoms with van der Waals surface area (Å²) in [5.74, 6) is -2.07. The molecule has 0 aromatic carbocycles. The van der Waals surface area contributed by atoms with Crippen molar-refractivity contribution < 1.29 is 29.1 Å². The van der Waals surface area contributed by atoms with Gasteiger partial charge in [0.25, 0.3) is 0 Å². The summed E-state index contributed by atoms with van der Waals surface area (Å²) in [5, 5.41) is 26.5. The summed E-state index contributed by atoms with van der Waals surface area (Å²) in [5.41, 5.74) is 11.1. The SMILES string of the molecule is CC(C)C(N)c1noc([C@H](CC(N)=O)NC(=O)NC(C(=O)O)C(C)O)n1. The molecular formula is C14H24N6O6. The number of hydrogen-bond acceptors (Lipinski definition) is 8. The number of carbonyl (C=O) groups is 3. The highest BCUT2D eigenvalue weighted by atomic mass is 16.5. The minimum absolute atomic E-state index is 0.0219. The maximum Gasteiger partial charge on any atom is 0.328 e. The lowest BCUT2D eigenvalue weighted by molar-refractivity contribution is -0.141. The zero-order valence-corrected chi connectivity index (χ0v) is 14.7. The number of nitrogens with zero attached hydrogens (tertiary/aromatic N) is 2.